The number of methoxy groups -OCH3 is 1. The molecule has 0 amide bonds. The lowest BCUT2D eigenvalue weighted by Crippen LogP contribution is -2.34. The molecule has 3 heteroatoms. The summed E-state index contributed by atoms with van der Waals surface area (Å²) >= 11 is 0. The zero-order valence-corrected chi connectivity index (χ0v) is 7.51. The number of nitrogens with one attached hydrogen (secondary N) is 1. The van der Waals surface area contributed by atoms with Gasteiger partial charge in [0.1, 0.15) is 11.6 Å². The highest BCUT2D eigenvalue weighted by Crippen LogP contribution is 2.26. The predicted octanol–water partition coefficient (Wildman–Crippen LogP) is 1.87. The summed E-state index contributed by atoms with van der Waals surface area (Å²) in [6, 6.07) is 5.13. The van der Waals surface area contributed by atoms with Gasteiger partial charge in [0.25, 0.3) is 0 Å². The van der Waals surface area contributed by atoms with Crippen molar-refractivity contribution in [3.05, 3.63) is 29.6 Å². The van der Waals surface area contributed by atoms with E-state index in [1.54, 1.807) is 13.2 Å². The first kappa shape index (κ1) is 8.51. The van der Waals surface area contributed by atoms with Crippen LogP contribution < -0.4 is 10.1 Å². The van der Waals surface area contributed by atoms with Crippen molar-refractivity contribution in [3.63, 3.8) is 0 Å². The molecule has 2 rings (SSSR count). The molecule has 13 heavy (non-hydrogen) atoms. The van der Waals surface area contributed by atoms with E-state index in [0.29, 0.717) is 11.8 Å². The zero-order chi connectivity index (χ0) is 9.26. The average molecular weight is 181 g/mol. The van der Waals surface area contributed by atoms with Gasteiger partial charge < -0.3 is 10.1 Å². The Balaban J connectivity index is 2.28. The lowest BCUT2D eigenvalue weighted by atomic mass is 9.98. The Morgan fingerprint density at radius 3 is 2.77 bits per heavy atom. The number of halogens is 1. The van der Waals surface area contributed by atoms with Crippen LogP contribution in [-0.4, -0.2) is 13.7 Å². The van der Waals surface area contributed by atoms with E-state index in [1.165, 1.54) is 6.07 Å². The van der Waals surface area contributed by atoms with E-state index in [9.17, 15) is 4.39 Å². The lowest BCUT2D eigenvalue weighted by Gasteiger charge is -2.28. The Labute approximate surface area is 76.7 Å². The molecule has 0 unspecified atom stereocenters. The van der Waals surface area contributed by atoms with Crippen molar-refractivity contribution >= 4 is 0 Å². The lowest BCUT2D eigenvalue weighted by molar-refractivity contribution is 0.375. The van der Waals surface area contributed by atoms with Crippen molar-refractivity contribution in [1.29, 1.82) is 0 Å². The third-order valence-electron chi connectivity index (χ3n) is 2.36. The molecule has 1 fully saturated rings. The summed E-state index contributed by atoms with van der Waals surface area (Å²) in [5.41, 5.74) is 0.975. The third kappa shape index (κ3) is 1.65. The van der Waals surface area contributed by atoms with Crippen LogP contribution in [-0.2, 0) is 0 Å². The van der Waals surface area contributed by atoms with Gasteiger partial charge in [-0.2, -0.15) is 0 Å². The molecule has 0 saturated carbocycles. The zero-order valence-electron chi connectivity index (χ0n) is 7.51. The standard InChI is InChI=1S/C10H12FNO/c1-13-9-5-7(4-8(11)6-9)10-2-3-12-10/h4-6,10,12H,2-3H2,1H3/t10-/m0/s1. The Morgan fingerprint density at radius 2 is 2.23 bits per heavy atom. The van der Waals surface area contributed by atoms with Crippen molar-refractivity contribution in [1.82, 2.24) is 5.32 Å². The van der Waals surface area contributed by atoms with Crippen molar-refractivity contribution < 1.29 is 9.13 Å². The molecule has 0 radical (unpaired) electrons. The summed E-state index contributed by atoms with van der Waals surface area (Å²) in [6.07, 6.45) is 1.08. The van der Waals surface area contributed by atoms with Crippen molar-refractivity contribution in [2.45, 2.75) is 12.5 Å². The number of hydrogen-bond acceptors (Lipinski definition) is 2. The van der Waals surface area contributed by atoms with Gasteiger partial charge in [-0.05, 0) is 30.7 Å². The van der Waals surface area contributed by atoms with Gasteiger partial charge in [-0.25, -0.2) is 4.39 Å². The summed E-state index contributed by atoms with van der Waals surface area (Å²) in [5, 5.41) is 3.22. The van der Waals surface area contributed by atoms with Gasteiger partial charge >= 0.3 is 0 Å². The van der Waals surface area contributed by atoms with E-state index < -0.39 is 0 Å². The summed E-state index contributed by atoms with van der Waals surface area (Å²) in [4.78, 5) is 0. The van der Waals surface area contributed by atoms with Crippen LogP contribution in [0, 0.1) is 5.82 Å². The average Bonchev–Trinajstić information content (AvgIpc) is 2.00. The second-order valence-electron chi connectivity index (χ2n) is 3.22. The van der Waals surface area contributed by atoms with Crippen LogP contribution >= 0.6 is 0 Å². The monoisotopic (exact) mass is 181 g/mol. The van der Waals surface area contributed by atoms with Gasteiger partial charge in [0.2, 0.25) is 0 Å². The highest BCUT2D eigenvalue weighted by atomic mass is 19.1. The molecule has 0 bridgehead atoms. The van der Waals surface area contributed by atoms with Crippen LogP contribution in [0.4, 0.5) is 4.39 Å². The summed E-state index contributed by atoms with van der Waals surface area (Å²) in [7, 11) is 1.55. The normalized spacial score (nSPS) is 20.9. The van der Waals surface area contributed by atoms with Crippen molar-refractivity contribution in [3.8, 4) is 5.75 Å². The molecule has 0 aromatic heterocycles. The van der Waals surface area contributed by atoms with Gasteiger partial charge in [-0.1, -0.05) is 0 Å². The molecule has 1 heterocycles. The predicted molar refractivity (Wildman–Crippen MR) is 48.3 cm³/mol. The minimum Gasteiger partial charge on any atom is -0.497 e. The Morgan fingerprint density at radius 1 is 1.46 bits per heavy atom. The fraction of sp³-hybridized carbons (Fsp3) is 0.400. The van der Waals surface area contributed by atoms with E-state index in [1.807, 2.05) is 6.07 Å². The first-order chi connectivity index (χ1) is 6.29. The molecule has 1 N–H and O–H groups in total. The fourth-order valence-corrected chi connectivity index (χ4v) is 1.48. The van der Waals surface area contributed by atoms with E-state index in [4.69, 9.17) is 4.74 Å². The topological polar surface area (TPSA) is 21.3 Å². The maximum absolute atomic E-state index is 13.0. The van der Waals surface area contributed by atoms with Crippen molar-refractivity contribution in [2.75, 3.05) is 13.7 Å². The summed E-state index contributed by atoms with van der Waals surface area (Å²) in [5.74, 6) is 0.353. The van der Waals surface area contributed by atoms with Gasteiger partial charge in [-0.3, -0.25) is 0 Å². The maximum Gasteiger partial charge on any atom is 0.127 e. The van der Waals surface area contributed by atoms with Gasteiger partial charge in [0.15, 0.2) is 0 Å². The third-order valence-corrected chi connectivity index (χ3v) is 2.36. The van der Waals surface area contributed by atoms with Crippen molar-refractivity contribution in [2.24, 2.45) is 0 Å². The minimum absolute atomic E-state index is 0.233. The molecule has 70 valence electrons. The number of benzene rings is 1. The molecule has 1 aromatic carbocycles. The minimum atomic E-state index is -0.233. The fourth-order valence-electron chi connectivity index (χ4n) is 1.48. The molecule has 0 spiro atoms. The highest BCUT2D eigenvalue weighted by Gasteiger charge is 2.19. The van der Waals surface area contributed by atoms with Crippen LogP contribution in [0.2, 0.25) is 0 Å². The molecule has 1 aliphatic rings. The van der Waals surface area contributed by atoms with E-state index in [2.05, 4.69) is 5.32 Å². The summed E-state index contributed by atoms with van der Waals surface area (Å²) < 4.78 is 18.0. The Hall–Kier alpha value is -1.09. The molecule has 0 aliphatic carbocycles. The van der Waals surface area contributed by atoms with E-state index >= 15 is 0 Å². The highest BCUT2D eigenvalue weighted by molar-refractivity contribution is 5.32. The SMILES string of the molecule is COc1cc(F)cc([C@@H]2CCN2)c1. The molecular weight excluding hydrogens is 169 g/mol. The van der Waals surface area contributed by atoms with Gasteiger partial charge in [0.05, 0.1) is 7.11 Å². The van der Waals surface area contributed by atoms with Crippen LogP contribution in [0.5, 0.6) is 5.75 Å². The molecular formula is C10H12FNO. The molecule has 2 nitrogen and oxygen atoms in total. The first-order valence-corrected chi connectivity index (χ1v) is 4.37. The van der Waals surface area contributed by atoms with E-state index in [-0.39, 0.29) is 5.82 Å². The second kappa shape index (κ2) is 3.34. The number of hydrogen-bond donors (Lipinski definition) is 1. The van der Waals surface area contributed by atoms with Crippen LogP contribution in [0.3, 0.4) is 0 Å². The van der Waals surface area contributed by atoms with Gasteiger partial charge in [0, 0.05) is 12.1 Å². The van der Waals surface area contributed by atoms with Crippen LogP contribution in [0.15, 0.2) is 18.2 Å². The summed E-state index contributed by atoms with van der Waals surface area (Å²) in [6.45, 7) is 1.02. The number of rotatable bonds is 2. The Bertz CT molecular complexity index is 310. The van der Waals surface area contributed by atoms with Gasteiger partial charge in [-0.15, -0.1) is 0 Å². The molecule has 1 saturated heterocycles. The molecule has 1 atom stereocenters. The second-order valence-corrected chi connectivity index (χ2v) is 3.22. The van der Waals surface area contributed by atoms with Crippen LogP contribution in [0.25, 0.3) is 0 Å². The van der Waals surface area contributed by atoms with E-state index in [0.717, 1.165) is 18.5 Å². The molecule has 1 aromatic rings. The Kier molecular flexibility index (Phi) is 2.19. The first-order valence-electron chi connectivity index (χ1n) is 4.37. The quantitative estimate of drug-likeness (QED) is 0.752. The molecule has 1 aliphatic heterocycles. The largest absolute Gasteiger partial charge is 0.497 e. The van der Waals surface area contributed by atoms with Crippen LogP contribution in [0.1, 0.15) is 18.0 Å². The smallest absolute Gasteiger partial charge is 0.127 e. The number of ether oxygens (including phenoxy) is 1. The maximum atomic E-state index is 13.0.